The summed E-state index contributed by atoms with van der Waals surface area (Å²) >= 11 is 3.47. The number of amides is 1. The molecule has 0 bridgehead atoms. The van der Waals surface area contributed by atoms with Crippen LogP contribution in [0.25, 0.3) is 0 Å². The Morgan fingerprint density at radius 2 is 1.88 bits per heavy atom. The number of hydrogen-bond acceptors (Lipinski definition) is 2. The molecular formula is C20H22BrNO2. The van der Waals surface area contributed by atoms with E-state index in [-0.39, 0.29) is 11.3 Å². The molecule has 0 spiro atoms. The van der Waals surface area contributed by atoms with Crippen LogP contribution in [0.3, 0.4) is 0 Å². The summed E-state index contributed by atoms with van der Waals surface area (Å²) in [6, 6.07) is 16.0. The predicted molar refractivity (Wildman–Crippen MR) is 99.1 cm³/mol. The fourth-order valence-corrected chi connectivity index (χ4v) is 3.79. The second-order valence-electron chi connectivity index (χ2n) is 6.33. The van der Waals surface area contributed by atoms with Crippen LogP contribution in [0.5, 0.6) is 5.75 Å². The molecule has 0 radical (unpaired) electrons. The molecule has 2 aromatic carbocycles. The van der Waals surface area contributed by atoms with Crippen molar-refractivity contribution in [1.29, 1.82) is 0 Å². The monoisotopic (exact) mass is 387 g/mol. The Bertz CT molecular complexity index is 706. The average molecular weight is 388 g/mol. The van der Waals surface area contributed by atoms with Crippen LogP contribution in [0, 0.1) is 0 Å². The standard InChI is InChI=1S/C20H22BrNO2/c1-24-18-6-4-5-15(13-18)14-22-19(23)20(11-2-3-12-20)16-7-9-17(21)10-8-16/h4-10,13H,2-3,11-12,14H2,1H3,(H,22,23). The molecule has 0 heterocycles. The van der Waals surface area contributed by atoms with Gasteiger partial charge in [0, 0.05) is 11.0 Å². The van der Waals surface area contributed by atoms with Gasteiger partial charge in [-0.3, -0.25) is 4.79 Å². The van der Waals surface area contributed by atoms with Crippen molar-refractivity contribution in [2.45, 2.75) is 37.6 Å². The van der Waals surface area contributed by atoms with Crippen molar-refractivity contribution >= 4 is 21.8 Å². The Hall–Kier alpha value is -1.81. The Labute approximate surface area is 151 Å². The van der Waals surface area contributed by atoms with Crippen LogP contribution in [0.2, 0.25) is 0 Å². The van der Waals surface area contributed by atoms with Crippen molar-refractivity contribution in [3.63, 3.8) is 0 Å². The zero-order valence-corrected chi connectivity index (χ0v) is 15.4. The Kier molecular flexibility index (Phi) is 5.24. The van der Waals surface area contributed by atoms with E-state index in [2.05, 4.69) is 33.4 Å². The Morgan fingerprint density at radius 3 is 2.54 bits per heavy atom. The summed E-state index contributed by atoms with van der Waals surface area (Å²) in [6.45, 7) is 0.522. The second-order valence-corrected chi connectivity index (χ2v) is 7.25. The summed E-state index contributed by atoms with van der Waals surface area (Å²) in [5, 5.41) is 3.14. The van der Waals surface area contributed by atoms with Gasteiger partial charge in [-0.05, 0) is 48.2 Å². The number of carbonyl (C=O) groups is 1. The van der Waals surface area contributed by atoms with Gasteiger partial charge in [0.05, 0.1) is 12.5 Å². The van der Waals surface area contributed by atoms with Gasteiger partial charge >= 0.3 is 0 Å². The van der Waals surface area contributed by atoms with Gasteiger partial charge in [0.15, 0.2) is 0 Å². The third kappa shape index (κ3) is 3.48. The third-order valence-electron chi connectivity index (χ3n) is 4.88. The molecule has 1 amide bonds. The maximum atomic E-state index is 13.0. The molecule has 0 aromatic heterocycles. The Morgan fingerprint density at radius 1 is 1.17 bits per heavy atom. The molecule has 1 fully saturated rings. The van der Waals surface area contributed by atoms with Crippen molar-refractivity contribution in [2.24, 2.45) is 0 Å². The van der Waals surface area contributed by atoms with Crippen LogP contribution in [0.1, 0.15) is 36.8 Å². The lowest BCUT2D eigenvalue weighted by molar-refractivity contribution is -0.126. The van der Waals surface area contributed by atoms with Gasteiger partial charge in [-0.2, -0.15) is 0 Å². The van der Waals surface area contributed by atoms with Crippen LogP contribution in [-0.4, -0.2) is 13.0 Å². The van der Waals surface area contributed by atoms with Crippen LogP contribution in [0.4, 0.5) is 0 Å². The predicted octanol–water partition coefficient (Wildman–Crippen LogP) is 4.59. The van der Waals surface area contributed by atoms with E-state index in [1.165, 1.54) is 0 Å². The van der Waals surface area contributed by atoms with Crippen LogP contribution in [-0.2, 0) is 16.8 Å². The van der Waals surface area contributed by atoms with E-state index in [4.69, 9.17) is 4.74 Å². The number of nitrogens with one attached hydrogen (secondary N) is 1. The van der Waals surface area contributed by atoms with E-state index >= 15 is 0 Å². The molecule has 24 heavy (non-hydrogen) atoms. The molecule has 0 atom stereocenters. The van der Waals surface area contributed by atoms with Crippen molar-refractivity contribution in [2.75, 3.05) is 7.11 Å². The number of hydrogen-bond donors (Lipinski definition) is 1. The van der Waals surface area contributed by atoms with Crippen LogP contribution >= 0.6 is 15.9 Å². The lowest BCUT2D eigenvalue weighted by Gasteiger charge is -2.28. The highest BCUT2D eigenvalue weighted by molar-refractivity contribution is 9.10. The van der Waals surface area contributed by atoms with E-state index in [1.807, 2.05) is 36.4 Å². The summed E-state index contributed by atoms with van der Waals surface area (Å²) in [5.41, 5.74) is 1.78. The van der Waals surface area contributed by atoms with E-state index in [1.54, 1.807) is 7.11 Å². The van der Waals surface area contributed by atoms with Crippen LogP contribution in [0.15, 0.2) is 53.0 Å². The molecule has 1 N–H and O–H groups in total. The zero-order chi connectivity index (χ0) is 17.0. The number of ether oxygens (including phenoxy) is 1. The first-order valence-corrected chi connectivity index (χ1v) is 9.11. The Balaban J connectivity index is 1.76. The van der Waals surface area contributed by atoms with Crippen molar-refractivity contribution < 1.29 is 9.53 Å². The van der Waals surface area contributed by atoms with Crippen molar-refractivity contribution in [3.8, 4) is 5.75 Å². The molecule has 1 aliphatic rings. The molecule has 3 nitrogen and oxygen atoms in total. The molecule has 4 heteroatoms. The first-order valence-electron chi connectivity index (χ1n) is 8.31. The van der Waals surface area contributed by atoms with E-state index in [0.717, 1.165) is 47.0 Å². The molecule has 2 aromatic rings. The minimum absolute atomic E-state index is 0.130. The van der Waals surface area contributed by atoms with Crippen molar-refractivity contribution in [1.82, 2.24) is 5.32 Å². The SMILES string of the molecule is COc1cccc(CNC(=O)C2(c3ccc(Br)cc3)CCCC2)c1. The molecule has 126 valence electrons. The van der Waals surface area contributed by atoms with Gasteiger partial charge in [-0.1, -0.05) is 53.0 Å². The zero-order valence-electron chi connectivity index (χ0n) is 13.8. The minimum Gasteiger partial charge on any atom is -0.497 e. The van der Waals surface area contributed by atoms with Gasteiger partial charge in [0.1, 0.15) is 5.75 Å². The van der Waals surface area contributed by atoms with Gasteiger partial charge in [0.25, 0.3) is 0 Å². The highest BCUT2D eigenvalue weighted by atomic mass is 79.9. The first-order chi connectivity index (χ1) is 11.6. The van der Waals surface area contributed by atoms with Gasteiger partial charge in [-0.25, -0.2) is 0 Å². The second kappa shape index (κ2) is 7.39. The lowest BCUT2D eigenvalue weighted by Crippen LogP contribution is -2.42. The highest BCUT2D eigenvalue weighted by Crippen LogP contribution is 2.41. The number of methoxy groups -OCH3 is 1. The summed E-state index contributed by atoms with van der Waals surface area (Å²) < 4.78 is 6.28. The highest BCUT2D eigenvalue weighted by Gasteiger charge is 2.42. The average Bonchev–Trinajstić information content (AvgIpc) is 3.11. The maximum Gasteiger partial charge on any atom is 0.230 e. The van der Waals surface area contributed by atoms with Gasteiger partial charge in [0.2, 0.25) is 5.91 Å². The fourth-order valence-electron chi connectivity index (χ4n) is 3.53. The first kappa shape index (κ1) is 17.0. The normalized spacial score (nSPS) is 15.9. The van der Waals surface area contributed by atoms with Crippen molar-refractivity contribution in [3.05, 3.63) is 64.1 Å². The molecule has 1 saturated carbocycles. The maximum absolute atomic E-state index is 13.0. The number of benzene rings is 2. The molecule has 3 rings (SSSR count). The summed E-state index contributed by atoms with van der Waals surface area (Å²) in [6.07, 6.45) is 4.03. The third-order valence-corrected chi connectivity index (χ3v) is 5.40. The fraction of sp³-hybridized carbons (Fsp3) is 0.350. The topological polar surface area (TPSA) is 38.3 Å². The largest absolute Gasteiger partial charge is 0.497 e. The molecule has 0 unspecified atom stereocenters. The lowest BCUT2D eigenvalue weighted by atomic mass is 9.78. The minimum atomic E-state index is -0.389. The number of rotatable bonds is 5. The van der Waals surface area contributed by atoms with Gasteiger partial charge < -0.3 is 10.1 Å². The van der Waals surface area contributed by atoms with Crippen LogP contribution < -0.4 is 10.1 Å². The van der Waals surface area contributed by atoms with Gasteiger partial charge in [-0.15, -0.1) is 0 Å². The molecule has 0 saturated heterocycles. The smallest absolute Gasteiger partial charge is 0.230 e. The summed E-state index contributed by atoms with van der Waals surface area (Å²) in [5.74, 6) is 0.940. The molecule has 1 aliphatic carbocycles. The quantitative estimate of drug-likeness (QED) is 0.814. The summed E-state index contributed by atoms with van der Waals surface area (Å²) in [4.78, 5) is 13.0. The number of halogens is 1. The molecule has 0 aliphatic heterocycles. The summed E-state index contributed by atoms with van der Waals surface area (Å²) in [7, 11) is 1.65. The number of carbonyl (C=O) groups excluding carboxylic acids is 1. The molecular weight excluding hydrogens is 366 g/mol. The van der Waals surface area contributed by atoms with E-state index in [9.17, 15) is 4.79 Å². The van der Waals surface area contributed by atoms with E-state index < -0.39 is 0 Å². The van der Waals surface area contributed by atoms with E-state index in [0.29, 0.717) is 6.54 Å².